The fraction of sp³-hybridized carbons (Fsp3) is 0.350. The van der Waals surface area contributed by atoms with Crippen LogP contribution in [0.25, 0.3) is 0 Å². The highest BCUT2D eigenvalue weighted by molar-refractivity contribution is 6.31. The number of nitrogens with zero attached hydrogens (tertiary/aromatic N) is 1. The van der Waals surface area contributed by atoms with E-state index in [0.29, 0.717) is 37.4 Å². The second-order valence-electron chi connectivity index (χ2n) is 6.49. The van der Waals surface area contributed by atoms with Gasteiger partial charge in [-0.2, -0.15) is 0 Å². The minimum atomic E-state index is -0.904. The highest BCUT2D eigenvalue weighted by Gasteiger charge is 2.36. The Morgan fingerprint density at radius 2 is 1.79 bits per heavy atom. The fourth-order valence-corrected chi connectivity index (χ4v) is 3.56. The van der Waals surface area contributed by atoms with Crippen molar-refractivity contribution in [3.05, 3.63) is 70.2 Å². The topological polar surface area (TPSA) is 40.5 Å². The predicted molar refractivity (Wildman–Crippen MR) is 96.0 cm³/mol. The highest BCUT2D eigenvalue weighted by Crippen LogP contribution is 2.36. The first-order valence-electron chi connectivity index (χ1n) is 8.29. The lowest BCUT2D eigenvalue weighted by atomic mass is 9.82. The van der Waals surface area contributed by atoms with Gasteiger partial charge in [-0.05, 0) is 42.5 Å². The zero-order chi connectivity index (χ0) is 17.2. The van der Waals surface area contributed by atoms with Gasteiger partial charge in [0.05, 0.1) is 12.0 Å². The van der Waals surface area contributed by atoms with Gasteiger partial charge < -0.3 is 10.0 Å². The molecule has 3 rings (SSSR count). The van der Waals surface area contributed by atoms with Gasteiger partial charge in [-0.25, -0.2) is 0 Å². The average molecular weight is 344 g/mol. The molecule has 0 bridgehead atoms. The summed E-state index contributed by atoms with van der Waals surface area (Å²) in [6, 6.07) is 15.4. The van der Waals surface area contributed by atoms with Crippen molar-refractivity contribution in [2.24, 2.45) is 0 Å². The summed E-state index contributed by atoms with van der Waals surface area (Å²) < 4.78 is 0. The van der Waals surface area contributed by atoms with E-state index in [4.69, 9.17) is 11.6 Å². The van der Waals surface area contributed by atoms with Gasteiger partial charge in [0.1, 0.15) is 0 Å². The summed E-state index contributed by atoms with van der Waals surface area (Å²) in [4.78, 5) is 14.3. The van der Waals surface area contributed by atoms with E-state index in [0.717, 1.165) is 16.7 Å². The van der Waals surface area contributed by atoms with E-state index < -0.39 is 5.60 Å². The van der Waals surface area contributed by atoms with Crippen LogP contribution in [0.4, 0.5) is 0 Å². The number of piperidine rings is 1. The number of carbonyl (C=O) groups is 1. The molecule has 0 radical (unpaired) electrons. The Morgan fingerprint density at radius 1 is 1.12 bits per heavy atom. The maximum atomic E-state index is 12.5. The van der Waals surface area contributed by atoms with Crippen LogP contribution in [-0.2, 0) is 16.8 Å². The Labute approximate surface area is 147 Å². The summed E-state index contributed by atoms with van der Waals surface area (Å²) in [7, 11) is 0. The van der Waals surface area contributed by atoms with Crippen LogP contribution >= 0.6 is 11.6 Å². The number of aliphatic hydroxyl groups is 1. The molecule has 0 unspecified atom stereocenters. The van der Waals surface area contributed by atoms with Crippen LogP contribution in [0.5, 0.6) is 0 Å². The Balaban J connectivity index is 1.67. The summed E-state index contributed by atoms with van der Waals surface area (Å²) >= 11 is 6.19. The van der Waals surface area contributed by atoms with Gasteiger partial charge in [-0.3, -0.25) is 4.79 Å². The summed E-state index contributed by atoms with van der Waals surface area (Å²) in [5.74, 6) is 0.117. The molecular formula is C20H22ClNO2. The third-order valence-electron chi connectivity index (χ3n) is 4.91. The zero-order valence-electron chi connectivity index (χ0n) is 13.8. The van der Waals surface area contributed by atoms with Crippen LogP contribution < -0.4 is 0 Å². The first-order valence-corrected chi connectivity index (χ1v) is 8.67. The molecule has 1 fully saturated rings. The van der Waals surface area contributed by atoms with E-state index in [1.807, 2.05) is 60.4 Å². The largest absolute Gasteiger partial charge is 0.385 e. The van der Waals surface area contributed by atoms with E-state index in [1.165, 1.54) is 0 Å². The Hall–Kier alpha value is -1.84. The van der Waals surface area contributed by atoms with E-state index in [-0.39, 0.29) is 5.91 Å². The van der Waals surface area contributed by atoms with Crippen LogP contribution in [0.3, 0.4) is 0 Å². The maximum absolute atomic E-state index is 12.5. The molecule has 4 heteroatoms. The lowest BCUT2D eigenvalue weighted by molar-refractivity contribution is -0.135. The Morgan fingerprint density at radius 3 is 2.46 bits per heavy atom. The third kappa shape index (κ3) is 3.47. The molecule has 1 amide bonds. The predicted octanol–water partition coefficient (Wildman–Crippen LogP) is 3.70. The van der Waals surface area contributed by atoms with Gasteiger partial charge in [0.2, 0.25) is 5.91 Å². The zero-order valence-corrected chi connectivity index (χ0v) is 14.6. The molecule has 3 nitrogen and oxygen atoms in total. The summed E-state index contributed by atoms with van der Waals surface area (Å²) in [6.07, 6.45) is 1.49. The molecule has 0 aliphatic carbocycles. The fourth-order valence-electron chi connectivity index (χ4n) is 3.39. The molecule has 1 aliphatic rings. The molecule has 1 saturated heterocycles. The normalized spacial score (nSPS) is 16.9. The van der Waals surface area contributed by atoms with E-state index >= 15 is 0 Å². The van der Waals surface area contributed by atoms with E-state index in [9.17, 15) is 9.90 Å². The molecule has 1 heterocycles. The first kappa shape index (κ1) is 17.0. The first-order chi connectivity index (χ1) is 11.5. The lowest BCUT2D eigenvalue weighted by Gasteiger charge is -2.39. The molecule has 0 aromatic heterocycles. The van der Waals surface area contributed by atoms with Crippen LogP contribution in [0, 0.1) is 6.92 Å². The summed E-state index contributed by atoms with van der Waals surface area (Å²) in [6.45, 7) is 3.06. The van der Waals surface area contributed by atoms with Crippen LogP contribution in [0.1, 0.15) is 29.5 Å². The minimum Gasteiger partial charge on any atom is -0.385 e. The summed E-state index contributed by atoms with van der Waals surface area (Å²) in [5, 5.41) is 11.7. The van der Waals surface area contributed by atoms with Gasteiger partial charge >= 0.3 is 0 Å². The molecule has 1 N–H and O–H groups in total. The van der Waals surface area contributed by atoms with Gasteiger partial charge in [-0.15, -0.1) is 0 Å². The number of benzene rings is 2. The quantitative estimate of drug-likeness (QED) is 0.923. The third-order valence-corrected chi connectivity index (χ3v) is 5.32. The maximum Gasteiger partial charge on any atom is 0.226 e. The standard InChI is InChI=1S/C20H22ClNO2/c1-15-17(8-5-9-18(15)21)20(24)10-12-22(13-11-20)19(23)14-16-6-3-2-4-7-16/h2-9,24H,10-14H2,1H3. The van der Waals surface area contributed by atoms with Crippen molar-refractivity contribution in [2.75, 3.05) is 13.1 Å². The van der Waals surface area contributed by atoms with Crippen LogP contribution in [0.2, 0.25) is 5.02 Å². The Bertz CT molecular complexity index is 722. The number of hydrogen-bond acceptors (Lipinski definition) is 2. The van der Waals surface area contributed by atoms with Gasteiger partial charge in [0.25, 0.3) is 0 Å². The number of rotatable bonds is 3. The SMILES string of the molecule is Cc1c(Cl)cccc1C1(O)CCN(C(=O)Cc2ccccc2)CC1. The van der Waals surface area contributed by atoms with Crippen molar-refractivity contribution in [2.45, 2.75) is 31.8 Å². The second kappa shape index (κ2) is 6.96. The molecule has 0 saturated carbocycles. The highest BCUT2D eigenvalue weighted by atomic mass is 35.5. The van der Waals surface area contributed by atoms with Crippen molar-refractivity contribution in [1.29, 1.82) is 0 Å². The van der Waals surface area contributed by atoms with Crippen molar-refractivity contribution in [3.63, 3.8) is 0 Å². The van der Waals surface area contributed by atoms with Gasteiger partial charge in [0.15, 0.2) is 0 Å². The van der Waals surface area contributed by atoms with Crippen molar-refractivity contribution in [3.8, 4) is 0 Å². The molecule has 0 atom stereocenters. The number of likely N-dealkylation sites (tertiary alicyclic amines) is 1. The van der Waals surface area contributed by atoms with Gasteiger partial charge in [-0.1, -0.05) is 54.1 Å². The molecule has 0 spiro atoms. The number of halogens is 1. The van der Waals surface area contributed by atoms with Gasteiger partial charge in [0, 0.05) is 18.1 Å². The number of hydrogen-bond donors (Lipinski definition) is 1. The monoisotopic (exact) mass is 343 g/mol. The minimum absolute atomic E-state index is 0.117. The average Bonchev–Trinajstić information content (AvgIpc) is 2.58. The van der Waals surface area contributed by atoms with E-state index in [1.54, 1.807) is 0 Å². The van der Waals surface area contributed by atoms with Crippen molar-refractivity contribution in [1.82, 2.24) is 4.90 Å². The molecule has 2 aromatic rings. The number of carbonyl (C=O) groups excluding carboxylic acids is 1. The van der Waals surface area contributed by atoms with Crippen molar-refractivity contribution < 1.29 is 9.90 Å². The Kier molecular flexibility index (Phi) is 4.93. The molecule has 2 aromatic carbocycles. The summed E-state index contributed by atoms with van der Waals surface area (Å²) in [5.41, 5.74) is 1.92. The molecular weight excluding hydrogens is 322 g/mol. The van der Waals surface area contributed by atoms with E-state index in [2.05, 4.69) is 0 Å². The van der Waals surface area contributed by atoms with Crippen molar-refractivity contribution >= 4 is 17.5 Å². The molecule has 1 aliphatic heterocycles. The second-order valence-corrected chi connectivity index (χ2v) is 6.89. The smallest absolute Gasteiger partial charge is 0.226 e. The van der Waals surface area contributed by atoms with Crippen LogP contribution in [0.15, 0.2) is 48.5 Å². The molecule has 126 valence electrons. The number of amides is 1. The van der Waals surface area contributed by atoms with Crippen LogP contribution in [-0.4, -0.2) is 29.0 Å². The molecule has 24 heavy (non-hydrogen) atoms. The lowest BCUT2D eigenvalue weighted by Crippen LogP contribution is -2.46.